The molecular weight excluding hydrogens is 212 g/mol. The standard InChI is InChI=1S/C14H20N2O/c1-11(9-15)17-13-8-6-5-7-12(13)10-16-14(2,3)4/h5-8,11,16H,10H2,1-4H3. The molecule has 3 nitrogen and oxygen atoms in total. The molecule has 17 heavy (non-hydrogen) atoms. The van der Waals surface area contributed by atoms with E-state index in [1.165, 1.54) is 0 Å². The number of hydrogen-bond acceptors (Lipinski definition) is 3. The number of ether oxygens (including phenoxy) is 1. The topological polar surface area (TPSA) is 45.0 Å². The molecule has 1 unspecified atom stereocenters. The Bertz CT molecular complexity index is 401. The molecule has 0 fully saturated rings. The monoisotopic (exact) mass is 232 g/mol. The summed E-state index contributed by atoms with van der Waals surface area (Å²) >= 11 is 0. The Morgan fingerprint density at radius 1 is 1.35 bits per heavy atom. The predicted octanol–water partition coefficient (Wildman–Crippen LogP) is 2.87. The lowest BCUT2D eigenvalue weighted by Crippen LogP contribution is -2.35. The molecule has 0 saturated heterocycles. The molecular formula is C14H20N2O. The van der Waals surface area contributed by atoms with E-state index in [0.29, 0.717) is 0 Å². The summed E-state index contributed by atoms with van der Waals surface area (Å²) in [5.41, 5.74) is 1.14. The van der Waals surface area contributed by atoms with Gasteiger partial charge >= 0.3 is 0 Å². The third kappa shape index (κ3) is 4.88. The number of hydrogen-bond donors (Lipinski definition) is 1. The van der Waals surface area contributed by atoms with Crippen molar-refractivity contribution >= 4 is 0 Å². The van der Waals surface area contributed by atoms with E-state index in [1.807, 2.05) is 24.3 Å². The van der Waals surface area contributed by atoms with Crippen LogP contribution in [0.4, 0.5) is 0 Å². The van der Waals surface area contributed by atoms with Gasteiger partial charge in [0.2, 0.25) is 0 Å². The molecule has 0 heterocycles. The third-order valence-electron chi connectivity index (χ3n) is 2.27. The van der Waals surface area contributed by atoms with Crippen LogP contribution < -0.4 is 10.1 Å². The van der Waals surface area contributed by atoms with Crippen molar-refractivity contribution < 1.29 is 4.74 Å². The van der Waals surface area contributed by atoms with Gasteiger partial charge in [0, 0.05) is 17.6 Å². The summed E-state index contributed by atoms with van der Waals surface area (Å²) in [4.78, 5) is 0. The van der Waals surface area contributed by atoms with Crippen molar-refractivity contribution in [2.24, 2.45) is 0 Å². The number of rotatable bonds is 4. The van der Waals surface area contributed by atoms with Gasteiger partial charge in [0.15, 0.2) is 6.10 Å². The molecule has 1 aromatic carbocycles. The van der Waals surface area contributed by atoms with Gasteiger partial charge in [-0.1, -0.05) is 18.2 Å². The first-order valence-corrected chi connectivity index (χ1v) is 5.81. The van der Waals surface area contributed by atoms with Crippen molar-refractivity contribution in [1.29, 1.82) is 5.26 Å². The molecule has 1 rings (SSSR count). The Labute approximate surface area is 103 Å². The van der Waals surface area contributed by atoms with E-state index in [2.05, 4.69) is 32.2 Å². The molecule has 0 bridgehead atoms. The second-order valence-electron chi connectivity index (χ2n) is 5.10. The number of para-hydroxylation sites is 1. The SMILES string of the molecule is CC(C#N)Oc1ccccc1CNC(C)(C)C. The summed E-state index contributed by atoms with van der Waals surface area (Å²) in [5.74, 6) is 0.776. The first-order chi connectivity index (χ1) is 7.92. The van der Waals surface area contributed by atoms with Crippen molar-refractivity contribution in [3.63, 3.8) is 0 Å². The Balaban J connectivity index is 2.75. The summed E-state index contributed by atoms with van der Waals surface area (Å²) in [7, 11) is 0. The van der Waals surface area contributed by atoms with Gasteiger partial charge in [-0.25, -0.2) is 0 Å². The molecule has 0 saturated carbocycles. The van der Waals surface area contributed by atoms with Crippen molar-refractivity contribution in [3.8, 4) is 11.8 Å². The van der Waals surface area contributed by atoms with Crippen molar-refractivity contribution in [2.75, 3.05) is 0 Å². The minimum Gasteiger partial charge on any atom is -0.476 e. The van der Waals surface area contributed by atoms with E-state index in [0.717, 1.165) is 17.9 Å². The fraction of sp³-hybridized carbons (Fsp3) is 0.500. The molecule has 0 aliphatic rings. The smallest absolute Gasteiger partial charge is 0.181 e. The lowest BCUT2D eigenvalue weighted by molar-refractivity contribution is 0.272. The van der Waals surface area contributed by atoms with Crippen molar-refractivity contribution in [2.45, 2.75) is 45.9 Å². The van der Waals surface area contributed by atoms with Gasteiger partial charge in [-0.2, -0.15) is 5.26 Å². The Morgan fingerprint density at radius 2 is 2.00 bits per heavy atom. The first-order valence-electron chi connectivity index (χ1n) is 5.81. The van der Waals surface area contributed by atoms with Crippen LogP contribution in [0.25, 0.3) is 0 Å². The van der Waals surface area contributed by atoms with E-state index < -0.39 is 6.10 Å². The third-order valence-corrected chi connectivity index (χ3v) is 2.27. The Morgan fingerprint density at radius 3 is 2.59 bits per heavy atom. The molecule has 0 aromatic heterocycles. The number of nitrogens with one attached hydrogen (secondary N) is 1. The summed E-state index contributed by atoms with van der Waals surface area (Å²) in [6.45, 7) is 8.84. The van der Waals surface area contributed by atoms with Crippen LogP contribution in [0.15, 0.2) is 24.3 Å². The van der Waals surface area contributed by atoms with E-state index in [1.54, 1.807) is 6.92 Å². The molecule has 1 N–H and O–H groups in total. The molecule has 0 spiro atoms. The van der Waals surface area contributed by atoms with Gasteiger partial charge in [0.05, 0.1) is 0 Å². The average Bonchev–Trinajstić information content (AvgIpc) is 2.26. The second kappa shape index (κ2) is 5.70. The van der Waals surface area contributed by atoms with Gasteiger partial charge in [-0.3, -0.25) is 0 Å². The van der Waals surface area contributed by atoms with Gasteiger partial charge in [0.1, 0.15) is 11.8 Å². The zero-order valence-corrected chi connectivity index (χ0v) is 10.9. The molecule has 0 radical (unpaired) electrons. The number of nitriles is 1. The lowest BCUT2D eigenvalue weighted by atomic mass is 10.1. The van der Waals surface area contributed by atoms with Crippen LogP contribution in [0.2, 0.25) is 0 Å². The summed E-state index contributed by atoms with van der Waals surface area (Å²) in [5, 5.41) is 12.2. The second-order valence-corrected chi connectivity index (χ2v) is 5.10. The predicted molar refractivity (Wildman–Crippen MR) is 68.7 cm³/mol. The van der Waals surface area contributed by atoms with E-state index in [-0.39, 0.29) is 5.54 Å². The van der Waals surface area contributed by atoms with Crippen LogP contribution in [0.1, 0.15) is 33.3 Å². The maximum Gasteiger partial charge on any atom is 0.181 e. The molecule has 0 aliphatic heterocycles. The fourth-order valence-corrected chi connectivity index (χ4v) is 1.34. The molecule has 1 aromatic rings. The highest BCUT2D eigenvalue weighted by Gasteiger charge is 2.11. The highest BCUT2D eigenvalue weighted by molar-refractivity contribution is 5.33. The normalized spacial score (nSPS) is 12.9. The van der Waals surface area contributed by atoms with Gasteiger partial charge in [-0.15, -0.1) is 0 Å². The molecule has 92 valence electrons. The largest absolute Gasteiger partial charge is 0.476 e. The number of benzene rings is 1. The molecule has 0 amide bonds. The van der Waals surface area contributed by atoms with Crippen molar-refractivity contribution in [1.82, 2.24) is 5.32 Å². The quantitative estimate of drug-likeness (QED) is 0.868. The summed E-state index contributed by atoms with van der Waals surface area (Å²) in [6.07, 6.45) is -0.425. The minimum atomic E-state index is -0.425. The van der Waals surface area contributed by atoms with Gasteiger partial charge < -0.3 is 10.1 Å². The zero-order valence-electron chi connectivity index (χ0n) is 10.9. The lowest BCUT2D eigenvalue weighted by Gasteiger charge is -2.21. The highest BCUT2D eigenvalue weighted by atomic mass is 16.5. The summed E-state index contributed by atoms with van der Waals surface area (Å²) < 4.78 is 5.56. The van der Waals surface area contributed by atoms with Crippen molar-refractivity contribution in [3.05, 3.63) is 29.8 Å². The molecule has 0 aliphatic carbocycles. The first kappa shape index (κ1) is 13.5. The average molecular weight is 232 g/mol. The van der Waals surface area contributed by atoms with E-state index in [9.17, 15) is 0 Å². The van der Waals surface area contributed by atoms with Crippen LogP contribution in [-0.4, -0.2) is 11.6 Å². The van der Waals surface area contributed by atoms with Crippen LogP contribution >= 0.6 is 0 Å². The van der Waals surface area contributed by atoms with E-state index >= 15 is 0 Å². The van der Waals surface area contributed by atoms with Gasteiger partial charge in [0.25, 0.3) is 0 Å². The summed E-state index contributed by atoms with van der Waals surface area (Å²) in [6, 6.07) is 9.87. The van der Waals surface area contributed by atoms with E-state index in [4.69, 9.17) is 10.00 Å². The van der Waals surface area contributed by atoms with Crippen LogP contribution in [-0.2, 0) is 6.54 Å². The minimum absolute atomic E-state index is 0.0634. The van der Waals surface area contributed by atoms with Crippen LogP contribution in [0.3, 0.4) is 0 Å². The maximum absolute atomic E-state index is 8.76. The Kier molecular flexibility index (Phi) is 4.53. The van der Waals surface area contributed by atoms with Gasteiger partial charge in [-0.05, 0) is 33.8 Å². The molecule has 3 heteroatoms. The van der Waals surface area contributed by atoms with Crippen LogP contribution in [0, 0.1) is 11.3 Å². The Hall–Kier alpha value is -1.53. The fourth-order valence-electron chi connectivity index (χ4n) is 1.34. The number of nitrogens with zero attached hydrogens (tertiary/aromatic N) is 1. The maximum atomic E-state index is 8.76. The highest BCUT2D eigenvalue weighted by Crippen LogP contribution is 2.19. The zero-order chi connectivity index (χ0) is 12.9. The van der Waals surface area contributed by atoms with Crippen LogP contribution in [0.5, 0.6) is 5.75 Å². The molecule has 1 atom stereocenters.